The average Bonchev–Trinajstić information content (AvgIpc) is 2.92. The van der Waals surface area contributed by atoms with Gasteiger partial charge in [-0.15, -0.1) is 0 Å². The fraction of sp³-hybridized carbons (Fsp3) is 0.0667. The number of fused-ring (bicyclic) bond motifs is 1. The SMILES string of the molecule is Cc1c(Br)ccc(Nc2c([N+](=O)[O-])cc3c4c(cccc24)C(=O)N(c2cccc4ccccc24)C3=O)c1C. The Bertz CT molecular complexity index is 1860. The Balaban J connectivity index is 1.59. The number of anilines is 3. The Labute approximate surface area is 226 Å². The Kier molecular flexibility index (Phi) is 5.50. The minimum Gasteiger partial charge on any atom is -0.349 e. The summed E-state index contributed by atoms with van der Waals surface area (Å²) in [5.41, 5.74) is 3.47. The van der Waals surface area contributed by atoms with E-state index in [2.05, 4.69) is 21.2 Å². The second-order valence-electron chi connectivity index (χ2n) is 9.22. The summed E-state index contributed by atoms with van der Waals surface area (Å²) in [5.74, 6) is -1.07. The van der Waals surface area contributed by atoms with E-state index in [1.807, 2.05) is 56.3 Å². The van der Waals surface area contributed by atoms with Crippen molar-refractivity contribution in [2.45, 2.75) is 13.8 Å². The van der Waals surface area contributed by atoms with Gasteiger partial charge in [0.15, 0.2) is 0 Å². The van der Waals surface area contributed by atoms with Gasteiger partial charge in [0.2, 0.25) is 0 Å². The van der Waals surface area contributed by atoms with Crippen LogP contribution in [-0.4, -0.2) is 16.7 Å². The van der Waals surface area contributed by atoms with Crippen molar-refractivity contribution in [1.82, 2.24) is 0 Å². The fourth-order valence-electron chi connectivity index (χ4n) is 5.11. The number of nitrogens with one attached hydrogen (secondary N) is 1. The van der Waals surface area contributed by atoms with Crippen LogP contribution in [0.25, 0.3) is 21.5 Å². The van der Waals surface area contributed by atoms with Gasteiger partial charge in [-0.2, -0.15) is 0 Å². The molecule has 0 aromatic heterocycles. The number of carbonyl (C=O) groups is 2. The highest BCUT2D eigenvalue weighted by Gasteiger charge is 2.37. The first-order valence-electron chi connectivity index (χ1n) is 11.9. The zero-order valence-electron chi connectivity index (χ0n) is 20.4. The molecule has 2 amide bonds. The number of imide groups is 1. The Morgan fingerprint density at radius 2 is 1.50 bits per heavy atom. The largest absolute Gasteiger partial charge is 0.349 e. The van der Waals surface area contributed by atoms with E-state index in [4.69, 9.17) is 0 Å². The molecule has 5 aromatic carbocycles. The van der Waals surface area contributed by atoms with Gasteiger partial charge in [0.1, 0.15) is 5.69 Å². The van der Waals surface area contributed by atoms with Crippen LogP contribution in [-0.2, 0) is 0 Å². The standard InChI is InChI=1S/C30H20BrN3O4/c1-16-17(2)24(14-13-23(16)31)32-28-20-10-6-11-21-27(20)22(15-26(28)34(37)38)30(36)33(29(21)35)25-12-5-8-18-7-3-4-9-19(18)25/h3-15,32H,1-2H3. The second kappa shape index (κ2) is 8.78. The van der Waals surface area contributed by atoms with Gasteiger partial charge >= 0.3 is 0 Å². The highest BCUT2D eigenvalue weighted by atomic mass is 79.9. The van der Waals surface area contributed by atoms with Crippen molar-refractivity contribution in [1.29, 1.82) is 0 Å². The molecule has 6 rings (SSSR count). The minimum atomic E-state index is -0.597. The van der Waals surface area contributed by atoms with Crippen LogP contribution >= 0.6 is 15.9 Å². The molecular formula is C30H20BrN3O4. The van der Waals surface area contributed by atoms with Gasteiger partial charge in [0.25, 0.3) is 17.5 Å². The lowest BCUT2D eigenvalue weighted by Crippen LogP contribution is -2.40. The van der Waals surface area contributed by atoms with E-state index in [1.165, 1.54) is 6.07 Å². The maximum absolute atomic E-state index is 13.9. The molecule has 186 valence electrons. The van der Waals surface area contributed by atoms with Crippen molar-refractivity contribution in [3.05, 3.63) is 116 Å². The van der Waals surface area contributed by atoms with E-state index in [1.54, 1.807) is 30.3 Å². The molecule has 1 aliphatic rings. The topological polar surface area (TPSA) is 92.6 Å². The molecule has 1 N–H and O–H groups in total. The number of benzene rings is 5. The normalized spacial score (nSPS) is 12.9. The molecule has 0 unspecified atom stereocenters. The first kappa shape index (κ1) is 23.8. The Hall–Kier alpha value is -4.56. The van der Waals surface area contributed by atoms with Crippen LogP contribution in [0.4, 0.5) is 22.7 Å². The van der Waals surface area contributed by atoms with Crippen LogP contribution in [0.1, 0.15) is 31.8 Å². The van der Waals surface area contributed by atoms with Crippen molar-refractivity contribution >= 4 is 72.0 Å². The molecule has 0 radical (unpaired) electrons. The number of amides is 2. The molecule has 8 heteroatoms. The smallest absolute Gasteiger partial charge is 0.294 e. The molecule has 0 saturated heterocycles. The van der Waals surface area contributed by atoms with E-state index in [-0.39, 0.29) is 16.9 Å². The lowest BCUT2D eigenvalue weighted by Gasteiger charge is -2.28. The van der Waals surface area contributed by atoms with E-state index < -0.39 is 16.7 Å². The summed E-state index contributed by atoms with van der Waals surface area (Å²) in [6, 6.07) is 22.9. The van der Waals surface area contributed by atoms with Crippen LogP contribution in [0, 0.1) is 24.0 Å². The third kappa shape index (κ3) is 3.48. The molecule has 1 heterocycles. The Morgan fingerprint density at radius 3 is 2.29 bits per heavy atom. The molecule has 5 aromatic rings. The number of carbonyl (C=O) groups excluding carboxylic acids is 2. The summed E-state index contributed by atoms with van der Waals surface area (Å²) < 4.78 is 0.927. The molecule has 0 atom stereocenters. The fourth-order valence-corrected chi connectivity index (χ4v) is 5.53. The monoisotopic (exact) mass is 565 g/mol. The molecule has 0 bridgehead atoms. The van der Waals surface area contributed by atoms with Gasteiger partial charge in [-0.25, -0.2) is 4.90 Å². The molecular weight excluding hydrogens is 546 g/mol. The highest BCUT2D eigenvalue weighted by molar-refractivity contribution is 9.10. The van der Waals surface area contributed by atoms with Gasteiger partial charge in [-0.05, 0) is 54.6 Å². The first-order chi connectivity index (χ1) is 18.3. The zero-order valence-corrected chi connectivity index (χ0v) is 22.0. The first-order valence-corrected chi connectivity index (χ1v) is 12.7. The van der Waals surface area contributed by atoms with Crippen molar-refractivity contribution in [2.24, 2.45) is 0 Å². The number of hydrogen-bond acceptors (Lipinski definition) is 5. The summed E-state index contributed by atoms with van der Waals surface area (Å²) in [6.45, 7) is 3.88. The molecule has 7 nitrogen and oxygen atoms in total. The van der Waals surface area contributed by atoms with Crippen LogP contribution in [0.5, 0.6) is 0 Å². The number of halogens is 1. The second-order valence-corrected chi connectivity index (χ2v) is 10.1. The predicted octanol–water partition coefficient (Wildman–Crippen LogP) is 7.82. The molecule has 1 aliphatic heterocycles. The molecule has 0 aliphatic carbocycles. The number of nitro groups is 1. The van der Waals surface area contributed by atoms with Crippen molar-refractivity contribution in [3.8, 4) is 0 Å². The van der Waals surface area contributed by atoms with Crippen LogP contribution in [0.2, 0.25) is 0 Å². The third-order valence-corrected chi connectivity index (χ3v) is 8.05. The van der Waals surface area contributed by atoms with Crippen molar-refractivity contribution in [2.75, 3.05) is 10.2 Å². The maximum Gasteiger partial charge on any atom is 0.294 e. The van der Waals surface area contributed by atoms with Gasteiger partial charge in [-0.3, -0.25) is 19.7 Å². The molecule has 0 saturated carbocycles. The van der Waals surface area contributed by atoms with E-state index >= 15 is 0 Å². The summed E-state index contributed by atoms with van der Waals surface area (Å²) in [5, 5.41) is 18.0. The van der Waals surface area contributed by atoms with Crippen LogP contribution < -0.4 is 10.2 Å². The predicted molar refractivity (Wildman–Crippen MR) is 153 cm³/mol. The summed E-state index contributed by atoms with van der Waals surface area (Å²) >= 11 is 3.52. The van der Waals surface area contributed by atoms with E-state index in [0.717, 1.165) is 31.3 Å². The number of hydrogen-bond donors (Lipinski definition) is 1. The summed E-state index contributed by atoms with van der Waals surface area (Å²) in [4.78, 5) is 40.6. The number of nitrogens with zero attached hydrogens (tertiary/aromatic N) is 2. The summed E-state index contributed by atoms with van der Waals surface area (Å²) in [6.07, 6.45) is 0. The van der Waals surface area contributed by atoms with Crippen LogP contribution in [0.15, 0.2) is 83.3 Å². The minimum absolute atomic E-state index is 0.115. The molecule has 0 spiro atoms. The van der Waals surface area contributed by atoms with Gasteiger partial charge in [0, 0.05) is 37.9 Å². The quantitative estimate of drug-likeness (QED) is 0.136. The maximum atomic E-state index is 13.9. The molecule has 38 heavy (non-hydrogen) atoms. The van der Waals surface area contributed by atoms with Gasteiger partial charge in [-0.1, -0.05) is 64.5 Å². The van der Waals surface area contributed by atoms with E-state index in [9.17, 15) is 19.7 Å². The molecule has 0 fully saturated rings. The Morgan fingerprint density at radius 1 is 0.816 bits per heavy atom. The van der Waals surface area contributed by atoms with Crippen LogP contribution in [0.3, 0.4) is 0 Å². The zero-order chi connectivity index (χ0) is 26.7. The van der Waals surface area contributed by atoms with Gasteiger partial charge in [0.05, 0.1) is 16.2 Å². The van der Waals surface area contributed by atoms with Gasteiger partial charge < -0.3 is 5.32 Å². The van der Waals surface area contributed by atoms with E-state index in [0.29, 0.717) is 27.7 Å². The van der Waals surface area contributed by atoms with Crippen molar-refractivity contribution < 1.29 is 14.5 Å². The lowest BCUT2D eigenvalue weighted by molar-refractivity contribution is -0.383. The third-order valence-electron chi connectivity index (χ3n) is 7.19. The number of rotatable bonds is 4. The lowest BCUT2D eigenvalue weighted by atomic mass is 9.91. The number of nitro benzene ring substituents is 1. The van der Waals surface area contributed by atoms with Crippen molar-refractivity contribution in [3.63, 3.8) is 0 Å². The highest BCUT2D eigenvalue weighted by Crippen LogP contribution is 2.43. The summed E-state index contributed by atoms with van der Waals surface area (Å²) in [7, 11) is 0. The average molecular weight is 566 g/mol.